The van der Waals surface area contributed by atoms with Gasteiger partial charge < -0.3 is 19.4 Å². The summed E-state index contributed by atoms with van der Waals surface area (Å²) in [4.78, 5) is 31.0. The van der Waals surface area contributed by atoms with Crippen molar-refractivity contribution < 1.29 is 14.3 Å². The molecule has 2 fully saturated rings. The van der Waals surface area contributed by atoms with Crippen molar-refractivity contribution in [3.05, 3.63) is 58.6 Å². The molecule has 2 heterocycles. The Hall–Kier alpha value is -2.73. The van der Waals surface area contributed by atoms with Crippen molar-refractivity contribution in [1.29, 1.82) is 0 Å². The lowest BCUT2D eigenvalue weighted by Gasteiger charge is -2.37. The van der Waals surface area contributed by atoms with Crippen molar-refractivity contribution in [2.24, 2.45) is 11.8 Å². The highest BCUT2D eigenvalue weighted by Crippen LogP contribution is 2.33. The molecule has 2 aromatic carbocycles. The molecule has 36 heavy (non-hydrogen) atoms. The Kier molecular flexibility index (Phi) is 8.78. The third kappa shape index (κ3) is 6.52. The van der Waals surface area contributed by atoms with Gasteiger partial charge in [-0.05, 0) is 79.8 Å². The maximum absolute atomic E-state index is 12.8. The summed E-state index contributed by atoms with van der Waals surface area (Å²) >= 11 is 6.43. The van der Waals surface area contributed by atoms with Crippen molar-refractivity contribution in [3.63, 3.8) is 0 Å². The Morgan fingerprint density at radius 3 is 2.25 bits per heavy atom. The molecule has 2 aromatic rings. The summed E-state index contributed by atoms with van der Waals surface area (Å²) in [5.74, 6) is 2.37. The summed E-state index contributed by atoms with van der Waals surface area (Å²) in [6, 6.07) is 13.6. The summed E-state index contributed by atoms with van der Waals surface area (Å²) in [6.45, 7) is 3.76. The predicted octanol–water partition coefficient (Wildman–Crippen LogP) is 5.14. The van der Waals surface area contributed by atoms with Crippen LogP contribution in [-0.4, -0.2) is 69.0 Å². The molecule has 0 N–H and O–H groups in total. The van der Waals surface area contributed by atoms with Gasteiger partial charge >= 0.3 is 0 Å². The summed E-state index contributed by atoms with van der Waals surface area (Å²) in [5.41, 5.74) is 2.65. The van der Waals surface area contributed by atoms with E-state index in [-0.39, 0.29) is 11.8 Å². The van der Waals surface area contributed by atoms with Crippen molar-refractivity contribution >= 4 is 29.1 Å². The molecule has 2 aliphatic rings. The number of ether oxygens (including phenoxy) is 1. The fraction of sp³-hybridized carbons (Fsp3) is 0.517. The lowest BCUT2D eigenvalue weighted by molar-refractivity contribution is -0.131. The first-order valence-electron chi connectivity index (χ1n) is 13.0. The highest BCUT2D eigenvalue weighted by Gasteiger charge is 2.27. The quantitative estimate of drug-likeness (QED) is 0.516. The number of benzene rings is 2. The second-order valence-corrected chi connectivity index (χ2v) is 10.8. The largest absolute Gasteiger partial charge is 0.497 e. The summed E-state index contributed by atoms with van der Waals surface area (Å²) < 4.78 is 5.28. The maximum atomic E-state index is 12.8. The van der Waals surface area contributed by atoms with Gasteiger partial charge in [0.05, 0.1) is 24.1 Å². The van der Waals surface area contributed by atoms with E-state index >= 15 is 0 Å². The molecule has 194 valence electrons. The summed E-state index contributed by atoms with van der Waals surface area (Å²) in [5, 5.41) is 0.515. The monoisotopic (exact) mass is 511 g/mol. The van der Waals surface area contributed by atoms with Crippen LogP contribution in [0.5, 0.6) is 5.75 Å². The van der Waals surface area contributed by atoms with Crippen LogP contribution in [0.3, 0.4) is 0 Å². The van der Waals surface area contributed by atoms with E-state index in [9.17, 15) is 9.59 Å². The van der Waals surface area contributed by atoms with E-state index in [0.29, 0.717) is 22.9 Å². The van der Waals surface area contributed by atoms with Gasteiger partial charge in [0, 0.05) is 46.0 Å². The smallest absolute Gasteiger partial charge is 0.254 e. The molecule has 0 saturated carbocycles. The SMILES string of the molecule is COc1cccc(CC(=O)N2CCC(CC3CCN(c4ccc(C(=O)N(C)C)c(Cl)c4)CC3)CC2)c1. The number of hydrogen-bond acceptors (Lipinski definition) is 4. The highest BCUT2D eigenvalue weighted by molar-refractivity contribution is 6.34. The molecule has 4 rings (SSSR count). The highest BCUT2D eigenvalue weighted by atomic mass is 35.5. The average Bonchev–Trinajstić information content (AvgIpc) is 2.89. The number of methoxy groups -OCH3 is 1. The van der Waals surface area contributed by atoms with E-state index in [0.717, 1.165) is 61.9 Å². The molecule has 2 aliphatic heterocycles. The number of hydrogen-bond donors (Lipinski definition) is 0. The van der Waals surface area contributed by atoms with Gasteiger partial charge in [-0.3, -0.25) is 9.59 Å². The molecule has 0 aromatic heterocycles. The predicted molar refractivity (Wildman–Crippen MR) is 145 cm³/mol. The van der Waals surface area contributed by atoms with E-state index in [1.54, 1.807) is 26.1 Å². The normalized spacial score (nSPS) is 17.2. The third-order valence-electron chi connectivity index (χ3n) is 7.69. The standard InChI is InChI=1S/C29H38ClN3O3/c1-31(2)29(35)26-8-7-24(20-27(26)30)32-13-9-21(10-14-32)17-22-11-15-33(16-12-22)28(34)19-23-5-4-6-25(18-23)36-3/h4-8,18,20-22H,9-17,19H2,1-3H3. The average molecular weight is 512 g/mol. The van der Waals surface area contributed by atoms with Crippen LogP contribution in [0.1, 0.15) is 48.0 Å². The zero-order valence-corrected chi connectivity index (χ0v) is 22.5. The van der Waals surface area contributed by atoms with E-state index in [1.165, 1.54) is 19.3 Å². The number of halogens is 1. The number of amides is 2. The van der Waals surface area contributed by atoms with Gasteiger partial charge in [-0.25, -0.2) is 0 Å². The minimum atomic E-state index is -0.0710. The molecule has 2 saturated heterocycles. The minimum Gasteiger partial charge on any atom is -0.497 e. The van der Waals surface area contributed by atoms with Gasteiger partial charge in [-0.1, -0.05) is 23.7 Å². The first-order chi connectivity index (χ1) is 17.3. The van der Waals surface area contributed by atoms with Crippen LogP contribution in [-0.2, 0) is 11.2 Å². The summed E-state index contributed by atoms with van der Waals surface area (Å²) in [6.07, 6.45) is 6.23. The maximum Gasteiger partial charge on any atom is 0.254 e. The number of rotatable bonds is 7. The molecular weight excluding hydrogens is 474 g/mol. The number of likely N-dealkylation sites (tertiary alicyclic amines) is 1. The van der Waals surface area contributed by atoms with Crippen molar-refractivity contribution in [1.82, 2.24) is 9.80 Å². The second-order valence-electron chi connectivity index (χ2n) is 10.4. The summed E-state index contributed by atoms with van der Waals surface area (Å²) in [7, 11) is 5.13. The number of carbonyl (C=O) groups is 2. The molecule has 7 heteroatoms. The molecule has 0 unspecified atom stereocenters. The first-order valence-corrected chi connectivity index (χ1v) is 13.4. The van der Waals surface area contributed by atoms with Crippen LogP contribution in [0.25, 0.3) is 0 Å². The number of nitrogens with zero attached hydrogens (tertiary/aromatic N) is 3. The lowest BCUT2D eigenvalue weighted by Crippen LogP contribution is -2.40. The van der Waals surface area contributed by atoms with Crippen LogP contribution in [0, 0.1) is 11.8 Å². The lowest BCUT2D eigenvalue weighted by atomic mass is 9.82. The number of piperidine rings is 2. The van der Waals surface area contributed by atoms with Crippen LogP contribution >= 0.6 is 11.6 Å². The van der Waals surface area contributed by atoms with Gasteiger partial charge in [0.1, 0.15) is 5.75 Å². The van der Waals surface area contributed by atoms with E-state index < -0.39 is 0 Å². The van der Waals surface area contributed by atoms with Crippen LogP contribution in [0.15, 0.2) is 42.5 Å². The Bertz CT molecular complexity index is 1060. The first kappa shape index (κ1) is 26.3. The van der Waals surface area contributed by atoms with E-state index in [1.807, 2.05) is 47.4 Å². The van der Waals surface area contributed by atoms with Crippen molar-refractivity contribution in [2.75, 3.05) is 52.3 Å². The number of carbonyl (C=O) groups excluding carboxylic acids is 2. The van der Waals surface area contributed by atoms with Crippen molar-refractivity contribution in [2.45, 2.75) is 38.5 Å². The molecular formula is C29H38ClN3O3. The Balaban J connectivity index is 1.21. The fourth-order valence-electron chi connectivity index (χ4n) is 5.50. The number of anilines is 1. The van der Waals surface area contributed by atoms with Gasteiger partial charge in [-0.2, -0.15) is 0 Å². The molecule has 2 amide bonds. The Morgan fingerprint density at radius 1 is 0.972 bits per heavy atom. The van der Waals surface area contributed by atoms with E-state index in [4.69, 9.17) is 16.3 Å². The fourth-order valence-corrected chi connectivity index (χ4v) is 5.76. The topological polar surface area (TPSA) is 53.1 Å². The molecule has 0 spiro atoms. The van der Waals surface area contributed by atoms with Crippen LogP contribution < -0.4 is 9.64 Å². The molecule has 0 aliphatic carbocycles. The van der Waals surface area contributed by atoms with Gasteiger partial charge in [0.25, 0.3) is 5.91 Å². The van der Waals surface area contributed by atoms with Crippen LogP contribution in [0.4, 0.5) is 5.69 Å². The van der Waals surface area contributed by atoms with E-state index in [2.05, 4.69) is 4.90 Å². The van der Waals surface area contributed by atoms with Crippen LogP contribution in [0.2, 0.25) is 5.02 Å². The minimum absolute atomic E-state index is 0.0710. The molecule has 0 atom stereocenters. The second kappa shape index (κ2) is 12.0. The zero-order chi connectivity index (χ0) is 25.7. The zero-order valence-electron chi connectivity index (χ0n) is 21.7. The molecule has 0 bridgehead atoms. The van der Waals surface area contributed by atoms with Crippen molar-refractivity contribution in [3.8, 4) is 5.75 Å². The van der Waals surface area contributed by atoms with Gasteiger partial charge in [0.2, 0.25) is 5.91 Å². The van der Waals surface area contributed by atoms with Gasteiger partial charge in [-0.15, -0.1) is 0 Å². The Morgan fingerprint density at radius 2 is 1.64 bits per heavy atom. The Labute approximate surface area is 220 Å². The molecule has 6 nitrogen and oxygen atoms in total. The third-order valence-corrected chi connectivity index (χ3v) is 8.01. The molecule has 0 radical (unpaired) electrons. The van der Waals surface area contributed by atoms with Gasteiger partial charge in [0.15, 0.2) is 0 Å².